The van der Waals surface area contributed by atoms with E-state index in [1.54, 1.807) is 12.1 Å². The van der Waals surface area contributed by atoms with Crippen molar-refractivity contribution in [3.05, 3.63) is 33.8 Å². The highest BCUT2D eigenvalue weighted by Crippen LogP contribution is 2.28. The van der Waals surface area contributed by atoms with E-state index in [1.807, 2.05) is 19.9 Å². The Bertz CT molecular complexity index is 403. The summed E-state index contributed by atoms with van der Waals surface area (Å²) < 4.78 is 0. The highest BCUT2D eigenvalue weighted by Gasteiger charge is 2.21. The van der Waals surface area contributed by atoms with E-state index in [2.05, 4.69) is 0 Å². The highest BCUT2D eigenvalue weighted by molar-refractivity contribution is 6.30. The van der Waals surface area contributed by atoms with Gasteiger partial charge >= 0.3 is 0 Å². The zero-order valence-corrected chi connectivity index (χ0v) is 9.99. The summed E-state index contributed by atoms with van der Waals surface area (Å²) in [5.74, 6) is 0. The van der Waals surface area contributed by atoms with Gasteiger partial charge in [0.1, 0.15) is 6.10 Å². The van der Waals surface area contributed by atoms with Crippen molar-refractivity contribution in [1.29, 1.82) is 5.26 Å². The molecule has 0 heterocycles. The zero-order chi connectivity index (χ0) is 12.3. The molecule has 1 aromatic carbocycles. The van der Waals surface area contributed by atoms with Crippen LogP contribution in [0.2, 0.25) is 5.02 Å². The van der Waals surface area contributed by atoms with Gasteiger partial charge in [-0.1, -0.05) is 11.6 Å². The molecule has 2 N–H and O–H groups in total. The van der Waals surface area contributed by atoms with Gasteiger partial charge < -0.3 is 10.2 Å². The fraction of sp³-hybridized carbons (Fsp3) is 0.417. The average Bonchev–Trinajstić information content (AvgIpc) is 2.16. The number of halogens is 1. The summed E-state index contributed by atoms with van der Waals surface area (Å²) in [6, 6.07) is 5.29. The molecule has 3 nitrogen and oxygen atoms in total. The first-order valence-electron chi connectivity index (χ1n) is 4.97. The summed E-state index contributed by atoms with van der Waals surface area (Å²) in [4.78, 5) is 0. The van der Waals surface area contributed by atoms with E-state index in [-0.39, 0.29) is 6.42 Å². The molecule has 0 aliphatic rings. The minimum absolute atomic E-state index is 0.0946. The molecule has 0 bridgehead atoms. The quantitative estimate of drug-likeness (QED) is 0.851. The molecule has 0 aliphatic carbocycles. The number of rotatable bonds is 3. The van der Waals surface area contributed by atoms with Crippen molar-refractivity contribution >= 4 is 11.6 Å². The fourth-order valence-corrected chi connectivity index (χ4v) is 2.11. The molecule has 0 amide bonds. The third kappa shape index (κ3) is 2.73. The minimum Gasteiger partial charge on any atom is -0.389 e. The number of hydrogen-bond acceptors (Lipinski definition) is 3. The van der Waals surface area contributed by atoms with E-state index in [1.165, 1.54) is 0 Å². The van der Waals surface area contributed by atoms with Crippen LogP contribution in [0, 0.1) is 25.2 Å². The number of nitriles is 1. The molecule has 0 aliphatic heterocycles. The molecule has 1 aromatic rings. The number of nitrogens with zero attached hydrogens (tertiary/aromatic N) is 1. The topological polar surface area (TPSA) is 64.2 Å². The van der Waals surface area contributed by atoms with E-state index in [0.717, 1.165) is 11.1 Å². The lowest BCUT2D eigenvalue weighted by Gasteiger charge is -2.20. The fourth-order valence-electron chi connectivity index (χ4n) is 1.79. The first-order valence-corrected chi connectivity index (χ1v) is 5.35. The normalized spacial score (nSPS) is 14.2. The van der Waals surface area contributed by atoms with Gasteiger partial charge in [-0.15, -0.1) is 0 Å². The zero-order valence-electron chi connectivity index (χ0n) is 9.24. The maximum absolute atomic E-state index is 9.93. The van der Waals surface area contributed by atoms with Crippen LogP contribution in [0.1, 0.15) is 29.2 Å². The maximum Gasteiger partial charge on any atom is 0.106 e. The Balaban J connectivity index is 3.09. The molecule has 0 spiro atoms. The smallest absolute Gasteiger partial charge is 0.106 e. The van der Waals surface area contributed by atoms with Crippen molar-refractivity contribution < 1.29 is 10.2 Å². The summed E-state index contributed by atoms with van der Waals surface area (Å²) in [5, 5.41) is 28.6. The van der Waals surface area contributed by atoms with Crippen LogP contribution >= 0.6 is 11.6 Å². The Morgan fingerprint density at radius 3 is 2.25 bits per heavy atom. The van der Waals surface area contributed by atoms with E-state index >= 15 is 0 Å². The lowest BCUT2D eigenvalue weighted by molar-refractivity contribution is 0.0209. The third-order valence-electron chi connectivity index (χ3n) is 2.52. The molecule has 2 atom stereocenters. The van der Waals surface area contributed by atoms with Crippen LogP contribution in [0.15, 0.2) is 12.1 Å². The third-order valence-corrected chi connectivity index (χ3v) is 2.74. The Morgan fingerprint density at radius 2 is 1.81 bits per heavy atom. The van der Waals surface area contributed by atoms with Crippen LogP contribution in [0.5, 0.6) is 0 Å². The van der Waals surface area contributed by atoms with Crippen LogP contribution < -0.4 is 0 Å². The summed E-state index contributed by atoms with van der Waals surface area (Å²) in [5.41, 5.74) is 2.27. The van der Waals surface area contributed by atoms with Gasteiger partial charge in [0.25, 0.3) is 0 Å². The molecule has 0 fully saturated rings. The van der Waals surface area contributed by atoms with Crippen molar-refractivity contribution in [2.75, 3.05) is 0 Å². The molecule has 86 valence electrons. The molecule has 16 heavy (non-hydrogen) atoms. The van der Waals surface area contributed by atoms with Gasteiger partial charge in [0, 0.05) is 5.02 Å². The Morgan fingerprint density at radius 1 is 1.31 bits per heavy atom. The largest absolute Gasteiger partial charge is 0.389 e. The molecule has 0 saturated heterocycles. The maximum atomic E-state index is 9.93. The van der Waals surface area contributed by atoms with Gasteiger partial charge in [0.15, 0.2) is 0 Å². The molecular formula is C12H14ClNO2. The van der Waals surface area contributed by atoms with Crippen molar-refractivity contribution in [3.8, 4) is 6.07 Å². The average molecular weight is 240 g/mol. The number of aryl methyl sites for hydroxylation is 2. The lowest BCUT2D eigenvalue weighted by Crippen LogP contribution is -2.19. The molecule has 1 rings (SSSR count). The van der Waals surface area contributed by atoms with Gasteiger partial charge in [0.2, 0.25) is 0 Å². The number of hydrogen-bond donors (Lipinski definition) is 2. The molecule has 0 aromatic heterocycles. The molecule has 2 unspecified atom stereocenters. The standard InChI is InChI=1S/C12H14ClNO2/c1-7-5-9(13)6-8(2)11(7)12(16)10(15)3-4-14/h5-6,10,12,15-16H,3H2,1-2H3. The summed E-state index contributed by atoms with van der Waals surface area (Å²) in [6.45, 7) is 3.63. The lowest BCUT2D eigenvalue weighted by atomic mass is 9.94. The number of benzene rings is 1. The van der Waals surface area contributed by atoms with Crippen molar-refractivity contribution in [1.82, 2.24) is 0 Å². The van der Waals surface area contributed by atoms with Crippen LogP contribution in [0.3, 0.4) is 0 Å². The molecule has 0 saturated carbocycles. The molecule has 0 radical (unpaired) electrons. The van der Waals surface area contributed by atoms with E-state index in [9.17, 15) is 10.2 Å². The molecule has 4 heteroatoms. The Labute approximate surface area is 99.9 Å². The van der Waals surface area contributed by atoms with Gasteiger partial charge in [0.05, 0.1) is 18.6 Å². The molecular weight excluding hydrogens is 226 g/mol. The van der Waals surface area contributed by atoms with E-state index < -0.39 is 12.2 Å². The number of aliphatic hydroxyl groups is 2. The monoisotopic (exact) mass is 239 g/mol. The first-order chi connectivity index (χ1) is 7.47. The van der Waals surface area contributed by atoms with Crippen LogP contribution in [-0.4, -0.2) is 16.3 Å². The van der Waals surface area contributed by atoms with Gasteiger partial charge in [-0.2, -0.15) is 5.26 Å². The second-order valence-electron chi connectivity index (χ2n) is 3.83. The van der Waals surface area contributed by atoms with Crippen LogP contribution in [0.25, 0.3) is 0 Å². The van der Waals surface area contributed by atoms with Crippen molar-refractivity contribution in [3.63, 3.8) is 0 Å². The Hall–Kier alpha value is -1.08. The predicted octanol–water partition coefficient (Wildman–Crippen LogP) is 2.26. The summed E-state index contributed by atoms with van der Waals surface area (Å²) >= 11 is 5.87. The van der Waals surface area contributed by atoms with Gasteiger partial charge in [-0.25, -0.2) is 0 Å². The van der Waals surface area contributed by atoms with E-state index in [0.29, 0.717) is 10.6 Å². The highest BCUT2D eigenvalue weighted by atomic mass is 35.5. The Kier molecular flexibility index (Phi) is 4.31. The van der Waals surface area contributed by atoms with Crippen LogP contribution in [-0.2, 0) is 0 Å². The SMILES string of the molecule is Cc1cc(Cl)cc(C)c1C(O)C(O)CC#N. The second kappa shape index (κ2) is 5.31. The number of aliphatic hydroxyl groups excluding tert-OH is 2. The first kappa shape index (κ1) is 13.0. The summed E-state index contributed by atoms with van der Waals surface area (Å²) in [6.07, 6.45) is -2.21. The predicted molar refractivity (Wildman–Crippen MR) is 62.1 cm³/mol. The minimum atomic E-state index is -1.07. The van der Waals surface area contributed by atoms with Crippen molar-refractivity contribution in [2.24, 2.45) is 0 Å². The van der Waals surface area contributed by atoms with Gasteiger partial charge in [-0.3, -0.25) is 0 Å². The van der Waals surface area contributed by atoms with Crippen molar-refractivity contribution in [2.45, 2.75) is 32.5 Å². The van der Waals surface area contributed by atoms with Gasteiger partial charge in [-0.05, 0) is 42.7 Å². The summed E-state index contributed by atoms with van der Waals surface area (Å²) in [7, 11) is 0. The van der Waals surface area contributed by atoms with E-state index in [4.69, 9.17) is 16.9 Å². The van der Waals surface area contributed by atoms with Crippen LogP contribution in [0.4, 0.5) is 0 Å². The second-order valence-corrected chi connectivity index (χ2v) is 4.26.